The monoisotopic (exact) mass is 423 g/mol. The third kappa shape index (κ3) is 4.49. The highest BCUT2D eigenvalue weighted by molar-refractivity contribution is 7.99. The first kappa shape index (κ1) is 20.0. The summed E-state index contributed by atoms with van der Waals surface area (Å²) in [5.74, 6) is 0.915. The largest absolute Gasteiger partial charge is 0.452 e. The van der Waals surface area contributed by atoms with Gasteiger partial charge in [-0.25, -0.2) is 0 Å². The van der Waals surface area contributed by atoms with Gasteiger partial charge in [-0.2, -0.15) is 0 Å². The highest BCUT2D eigenvalue weighted by atomic mass is 32.2. The van der Waals surface area contributed by atoms with Crippen LogP contribution < -0.4 is 5.32 Å². The Balaban J connectivity index is 1.62. The van der Waals surface area contributed by atoms with Gasteiger partial charge in [-0.3, -0.25) is 4.98 Å². The second kappa shape index (κ2) is 9.01. The van der Waals surface area contributed by atoms with Crippen LogP contribution in [0, 0.1) is 6.92 Å². The van der Waals surface area contributed by atoms with E-state index in [1.165, 1.54) is 10.5 Å². The lowest BCUT2D eigenvalue weighted by molar-refractivity contribution is 0.257. The van der Waals surface area contributed by atoms with Gasteiger partial charge in [-0.15, -0.1) is 0 Å². The molecule has 0 unspecified atom stereocenters. The Morgan fingerprint density at radius 2 is 1.97 bits per heavy atom. The minimum Gasteiger partial charge on any atom is -0.452 e. The van der Waals surface area contributed by atoms with E-state index in [0.717, 1.165) is 41.0 Å². The minimum atomic E-state index is -0.0241. The van der Waals surface area contributed by atoms with Gasteiger partial charge in [0.05, 0.1) is 11.7 Å². The number of hydrogen-bond donors (Lipinski definition) is 1. The van der Waals surface area contributed by atoms with Crippen LogP contribution in [0.15, 0.2) is 75.2 Å². The van der Waals surface area contributed by atoms with E-state index >= 15 is 0 Å². The van der Waals surface area contributed by atoms with Crippen LogP contribution in [0.3, 0.4) is 0 Å². The summed E-state index contributed by atoms with van der Waals surface area (Å²) in [6.07, 6.45) is 4.03. The van der Waals surface area contributed by atoms with E-state index in [1.54, 1.807) is 11.8 Å². The van der Waals surface area contributed by atoms with Crippen molar-refractivity contribution < 1.29 is 4.42 Å². The number of furan rings is 1. The van der Waals surface area contributed by atoms with Gasteiger partial charge < -0.3 is 14.6 Å². The van der Waals surface area contributed by atoms with Crippen LogP contribution in [-0.2, 0) is 0 Å². The van der Waals surface area contributed by atoms with Gasteiger partial charge in [0, 0.05) is 17.6 Å². The number of aromatic nitrogens is 1. The second-order valence-corrected chi connectivity index (χ2v) is 8.71. The number of nitrogens with one attached hydrogen (secondary N) is 1. The zero-order valence-corrected chi connectivity index (χ0v) is 18.3. The fourth-order valence-electron chi connectivity index (χ4n) is 3.55. The number of rotatable bonds is 7. The van der Waals surface area contributed by atoms with Crippen molar-refractivity contribution in [3.05, 3.63) is 77.8 Å². The summed E-state index contributed by atoms with van der Waals surface area (Å²) in [5, 5.41) is 5.12. The molecular weight excluding hydrogens is 398 g/mol. The Bertz CT molecular complexity index is 956. The number of pyridine rings is 1. The molecule has 0 saturated carbocycles. The molecule has 3 aromatic rings. The van der Waals surface area contributed by atoms with E-state index in [0.29, 0.717) is 0 Å². The molecule has 2 atom stereocenters. The summed E-state index contributed by atoms with van der Waals surface area (Å²) in [6.45, 7) is 5.19. The first-order valence-corrected chi connectivity index (χ1v) is 11.2. The Morgan fingerprint density at radius 1 is 1.14 bits per heavy atom. The Hall–Kier alpha value is -2.31. The van der Waals surface area contributed by atoms with Crippen molar-refractivity contribution in [3.8, 4) is 0 Å². The van der Waals surface area contributed by atoms with Gasteiger partial charge in [0.25, 0.3) is 0 Å². The zero-order chi connectivity index (χ0) is 20.2. The summed E-state index contributed by atoms with van der Waals surface area (Å²) >= 11 is 7.31. The maximum absolute atomic E-state index is 6.31. The first-order valence-electron chi connectivity index (χ1n) is 9.98. The van der Waals surface area contributed by atoms with E-state index in [2.05, 4.69) is 65.4 Å². The average molecular weight is 424 g/mol. The van der Waals surface area contributed by atoms with E-state index in [9.17, 15) is 0 Å². The van der Waals surface area contributed by atoms with Gasteiger partial charge in [-0.05, 0) is 62.0 Å². The van der Waals surface area contributed by atoms with Crippen molar-refractivity contribution in [3.63, 3.8) is 0 Å². The van der Waals surface area contributed by atoms with E-state index in [-0.39, 0.29) is 12.1 Å². The highest BCUT2D eigenvalue weighted by Crippen LogP contribution is 2.41. The van der Waals surface area contributed by atoms with Gasteiger partial charge in [0.15, 0.2) is 10.2 Å². The third-order valence-electron chi connectivity index (χ3n) is 5.08. The molecule has 1 aliphatic heterocycles. The van der Waals surface area contributed by atoms with Crippen LogP contribution in [0.1, 0.15) is 48.9 Å². The van der Waals surface area contributed by atoms with Crippen LogP contribution in [0.2, 0.25) is 0 Å². The second-order valence-electron chi connectivity index (χ2n) is 7.25. The molecule has 1 saturated heterocycles. The average Bonchev–Trinajstić information content (AvgIpc) is 3.32. The Kier molecular flexibility index (Phi) is 6.21. The third-order valence-corrected chi connectivity index (χ3v) is 6.36. The molecular formula is C23H25N3OS2. The number of nitrogens with zero attached hydrogens (tertiary/aromatic N) is 2. The number of aryl methyl sites for hydroxylation is 1. The molecule has 3 heterocycles. The van der Waals surface area contributed by atoms with Crippen molar-refractivity contribution in [2.75, 3.05) is 6.54 Å². The van der Waals surface area contributed by atoms with Crippen molar-refractivity contribution >= 4 is 29.1 Å². The summed E-state index contributed by atoms with van der Waals surface area (Å²) < 4.78 is 6.31. The smallest absolute Gasteiger partial charge is 0.170 e. The number of benzene rings is 1. The van der Waals surface area contributed by atoms with Crippen molar-refractivity contribution in [1.82, 2.24) is 15.2 Å². The lowest BCUT2D eigenvalue weighted by atomic mass is 10.0. The molecule has 2 aromatic heterocycles. The molecule has 1 aromatic carbocycles. The fraction of sp³-hybridized carbons (Fsp3) is 0.304. The van der Waals surface area contributed by atoms with Crippen molar-refractivity contribution in [1.29, 1.82) is 0 Å². The molecule has 1 N–H and O–H groups in total. The molecule has 0 spiro atoms. The minimum absolute atomic E-state index is 0.00341. The predicted octanol–water partition coefficient (Wildman–Crippen LogP) is 5.91. The molecule has 6 heteroatoms. The van der Waals surface area contributed by atoms with Gasteiger partial charge >= 0.3 is 0 Å². The molecule has 4 rings (SSSR count). The molecule has 1 aliphatic rings. The number of hydrogen-bond acceptors (Lipinski definition) is 4. The van der Waals surface area contributed by atoms with Crippen LogP contribution in [0.25, 0.3) is 0 Å². The maximum Gasteiger partial charge on any atom is 0.170 e. The Labute approximate surface area is 181 Å². The molecule has 1 fully saturated rings. The van der Waals surface area contributed by atoms with Gasteiger partial charge in [-0.1, -0.05) is 48.9 Å². The fourth-order valence-corrected chi connectivity index (χ4v) is 4.66. The summed E-state index contributed by atoms with van der Waals surface area (Å²) in [6, 6.07) is 18.6. The van der Waals surface area contributed by atoms with Gasteiger partial charge in [0.1, 0.15) is 11.8 Å². The molecule has 0 radical (unpaired) electrons. The molecule has 0 amide bonds. The topological polar surface area (TPSA) is 41.3 Å². The molecule has 0 bridgehead atoms. The predicted molar refractivity (Wildman–Crippen MR) is 121 cm³/mol. The summed E-state index contributed by atoms with van der Waals surface area (Å²) in [4.78, 5) is 7.99. The highest BCUT2D eigenvalue weighted by Gasteiger charge is 2.41. The standard InChI is InChI=1S/C23H25N3OS2/c1-3-4-15-26-22(21(25-23(26)28)18-7-5-6-14-24-18)19-12-13-20(27-19)29-17-10-8-16(2)9-11-17/h5-14,21-22H,3-4,15H2,1-2H3,(H,25,28)/t21-,22-/m0/s1. The van der Waals surface area contributed by atoms with Crippen molar-refractivity contribution in [2.24, 2.45) is 0 Å². The van der Waals surface area contributed by atoms with Gasteiger partial charge in [0.2, 0.25) is 0 Å². The maximum atomic E-state index is 6.31. The lowest BCUT2D eigenvalue weighted by Crippen LogP contribution is -2.30. The quantitative estimate of drug-likeness (QED) is 0.477. The number of unbranched alkanes of at least 4 members (excludes halogenated alkanes) is 1. The molecule has 29 heavy (non-hydrogen) atoms. The van der Waals surface area contributed by atoms with Crippen molar-refractivity contribution in [2.45, 2.75) is 48.8 Å². The zero-order valence-electron chi connectivity index (χ0n) is 16.7. The van der Waals surface area contributed by atoms with Crippen LogP contribution >= 0.6 is 24.0 Å². The van der Waals surface area contributed by atoms with Crippen LogP contribution in [0.4, 0.5) is 0 Å². The Morgan fingerprint density at radius 3 is 2.69 bits per heavy atom. The summed E-state index contributed by atoms with van der Waals surface area (Å²) in [5.41, 5.74) is 2.23. The molecule has 4 nitrogen and oxygen atoms in total. The normalized spacial score (nSPS) is 18.8. The van der Waals surface area contributed by atoms with Crippen LogP contribution in [-0.4, -0.2) is 21.5 Å². The molecule has 0 aliphatic carbocycles. The van der Waals surface area contributed by atoms with E-state index in [1.807, 2.05) is 24.4 Å². The SMILES string of the molecule is CCCCN1C(=S)N[C@@H](c2ccccn2)[C@@H]1c1ccc(Sc2ccc(C)cc2)o1. The lowest BCUT2D eigenvalue weighted by Gasteiger charge is -2.25. The van der Waals surface area contributed by atoms with Crippen LogP contribution in [0.5, 0.6) is 0 Å². The molecule has 150 valence electrons. The van der Waals surface area contributed by atoms with E-state index < -0.39 is 0 Å². The number of thiocarbonyl (C=S) groups is 1. The first-order chi connectivity index (χ1) is 14.2. The van der Waals surface area contributed by atoms with E-state index in [4.69, 9.17) is 16.6 Å². The summed E-state index contributed by atoms with van der Waals surface area (Å²) in [7, 11) is 0.